The highest BCUT2D eigenvalue weighted by molar-refractivity contribution is 5.11. The Morgan fingerprint density at radius 2 is 2.62 bits per heavy atom. The molecule has 1 aromatic rings. The molecule has 0 aromatic carbocycles. The van der Waals surface area contributed by atoms with Gasteiger partial charge in [0.2, 0.25) is 0 Å². The molecule has 0 spiro atoms. The second-order valence-electron chi connectivity index (χ2n) is 3.60. The fourth-order valence-electron chi connectivity index (χ4n) is 1.72. The summed E-state index contributed by atoms with van der Waals surface area (Å²) in [6, 6.07) is 0.0798. The fourth-order valence-corrected chi connectivity index (χ4v) is 1.72. The second kappa shape index (κ2) is 3.47. The third-order valence-electron chi connectivity index (χ3n) is 2.58. The zero-order valence-corrected chi connectivity index (χ0v) is 7.81. The number of ether oxygens (including phenoxy) is 1. The summed E-state index contributed by atoms with van der Waals surface area (Å²) in [5.74, 6) is 0.462. The Kier molecular flexibility index (Phi) is 2.33. The molecule has 2 N–H and O–H groups in total. The zero-order valence-electron chi connectivity index (χ0n) is 7.81. The van der Waals surface area contributed by atoms with Crippen LogP contribution in [0.2, 0.25) is 0 Å². The van der Waals surface area contributed by atoms with E-state index in [-0.39, 0.29) is 6.04 Å². The number of hydrogen-bond donors (Lipinski definition) is 1. The summed E-state index contributed by atoms with van der Waals surface area (Å²) in [5.41, 5.74) is 7.19. The average Bonchev–Trinajstić information content (AvgIpc) is 2.72. The summed E-state index contributed by atoms with van der Waals surface area (Å²) >= 11 is 0. The van der Waals surface area contributed by atoms with Gasteiger partial charge in [-0.2, -0.15) is 5.10 Å². The highest BCUT2D eigenvalue weighted by Gasteiger charge is 2.24. The van der Waals surface area contributed by atoms with Gasteiger partial charge >= 0.3 is 0 Å². The average molecular weight is 181 g/mol. The summed E-state index contributed by atoms with van der Waals surface area (Å²) in [6.45, 7) is 1.63. The highest BCUT2D eigenvalue weighted by Crippen LogP contribution is 2.25. The van der Waals surface area contributed by atoms with Crippen molar-refractivity contribution in [3.05, 3.63) is 18.0 Å². The molecule has 0 bridgehead atoms. The highest BCUT2D eigenvalue weighted by atomic mass is 16.5. The molecule has 2 heterocycles. The van der Waals surface area contributed by atoms with Gasteiger partial charge in [0.1, 0.15) is 0 Å². The number of aromatic nitrogens is 2. The maximum atomic E-state index is 6.08. The number of rotatable bonds is 2. The molecule has 1 fully saturated rings. The van der Waals surface area contributed by atoms with E-state index in [0.717, 1.165) is 25.2 Å². The van der Waals surface area contributed by atoms with E-state index < -0.39 is 0 Å². The summed E-state index contributed by atoms with van der Waals surface area (Å²) in [5, 5.41) is 4.10. The Labute approximate surface area is 77.7 Å². The SMILES string of the molecule is Cn1cc(C(N)C2CCOC2)cn1. The molecule has 1 aliphatic heterocycles. The topological polar surface area (TPSA) is 53.1 Å². The molecule has 2 rings (SSSR count). The van der Waals surface area contributed by atoms with Gasteiger partial charge in [-0.3, -0.25) is 4.68 Å². The van der Waals surface area contributed by atoms with Gasteiger partial charge < -0.3 is 10.5 Å². The summed E-state index contributed by atoms with van der Waals surface area (Å²) in [7, 11) is 1.90. The molecule has 2 unspecified atom stereocenters. The smallest absolute Gasteiger partial charge is 0.0537 e. The van der Waals surface area contributed by atoms with Crippen molar-refractivity contribution in [3.8, 4) is 0 Å². The molecule has 0 amide bonds. The van der Waals surface area contributed by atoms with Gasteiger partial charge in [-0.05, 0) is 6.42 Å². The van der Waals surface area contributed by atoms with E-state index in [1.54, 1.807) is 4.68 Å². The van der Waals surface area contributed by atoms with Crippen LogP contribution in [0.4, 0.5) is 0 Å². The van der Waals surface area contributed by atoms with Gasteiger partial charge in [-0.25, -0.2) is 0 Å². The van der Waals surface area contributed by atoms with E-state index in [1.165, 1.54) is 0 Å². The monoisotopic (exact) mass is 181 g/mol. The lowest BCUT2D eigenvalue weighted by atomic mass is 9.95. The minimum Gasteiger partial charge on any atom is -0.381 e. The number of nitrogens with zero attached hydrogens (tertiary/aromatic N) is 2. The number of aryl methyl sites for hydroxylation is 1. The molecule has 1 saturated heterocycles. The summed E-state index contributed by atoms with van der Waals surface area (Å²) in [6.07, 6.45) is 4.88. The number of hydrogen-bond acceptors (Lipinski definition) is 3. The van der Waals surface area contributed by atoms with E-state index in [1.807, 2.05) is 19.4 Å². The molecule has 13 heavy (non-hydrogen) atoms. The van der Waals surface area contributed by atoms with E-state index in [4.69, 9.17) is 10.5 Å². The standard InChI is InChI=1S/C9H15N3O/c1-12-5-8(4-11-12)9(10)7-2-3-13-6-7/h4-5,7,9H,2-3,6,10H2,1H3. The Bertz CT molecular complexity index is 278. The predicted octanol–water partition coefficient (Wildman–Crippen LogP) is 0.456. The van der Waals surface area contributed by atoms with Crippen molar-refractivity contribution in [1.29, 1.82) is 0 Å². The van der Waals surface area contributed by atoms with Crippen molar-refractivity contribution >= 4 is 0 Å². The quantitative estimate of drug-likeness (QED) is 0.721. The molecular formula is C9H15N3O. The minimum atomic E-state index is 0.0798. The van der Waals surface area contributed by atoms with Crippen molar-refractivity contribution in [2.45, 2.75) is 12.5 Å². The predicted molar refractivity (Wildman–Crippen MR) is 49.1 cm³/mol. The van der Waals surface area contributed by atoms with Gasteiger partial charge in [0, 0.05) is 37.4 Å². The van der Waals surface area contributed by atoms with Crippen LogP contribution in [-0.4, -0.2) is 23.0 Å². The van der Waals surface area contributed by atoms with Crippen LogP contribution in [0.3, 0.4) is 0 Å². The van der Waals surface area contributed by atoms with Crippen LogP contribution < -0.4 is 5.73 Å². The molecule has 72 valence electrons. The van der Waals surface area contributed by atoms with Crippen molar-refractivity contribution in [2.24, 2.45) is 18.7 Å². The molecule has 2 atom stereocenters. The summed E-state index contributed by atoms with van der Waals surface area (Å²) < 4.78 is 7.08. The van der Waals surface area contributed by atoms with Gasteiger partial charge in [-0.15, -0.1) is 0 Å². The molecule has 0 aliphatic carbocycles. The summed E-state index contributed by atoms with van der Waals surface area (Å²) in [4.78, 5) is 0. The first-order valence-corrected chi connectivity index (χ1v) is 4.59. The fraction of sp³-hybridized carbons (Fsp3) is 0.667. The lowest BCUT2D eigenvalue weighted by molar-refractivity contribution is 0.181. The van der Waals surface area contributed by atoms with Crippen molar-refractivity contribution in [2.75, 3.05) is 13.2 Å². The molecule has 4 heteroatoms. The minimum absolute atomic E-state index is 0.0798. The van der Waals surface area contributed by atoms with Crippen LogP contribution >= 0.6 is 0 Å². The first-order chi connectivity index (χ1) is 6.27. The van der Waals surface area contributed by atoms with Gasteiger partial charge in [0.15, 0.2) is 0 Å². The zero-order chi connectivity index (χ0) is 9.26. The Balaban J connectivity index is 2.07. The first-order valence-electron chi connectivity index (χ1n) is 4.59. The van der Waals surface area contributed by atoms with Crippen LogP contribution in [0.5, 0.6) is 0 Å². The van der Waals surface area contributed by atoms with E-state index in [0.29, 0.717) is 5.92 Å². The lowest BCUT2D eigenvalue weighted by Gasteiger charge is -2.15. The van der Waals surface area contributed by atoms with E-state index in [2.05, 4.69) is 5.10 Å². The normalized spacial score (nSPS) is 24.9. The van der Waals surface area contributed by atoms with Crippen molar-refractivity contribution in [3.63, 3.8) is 0 Å². The van der Waals surface area contributed by atoms with Crippen molar-refractivity contribution in [1.82, 2.24) is 9.78 Å². The van der Waals surface area contributed by atoms with Crippen LogP contribution in [0.1, 0.15) is 18.0 Å². The second-order valence-corrected chi connectivity index (χ2v) is 3.60. The van der Waals surface area contributed by atoms with Crippen LogP contribution in [0.25, 0.3) is 0 Å². The van der Waals surface area contributed by atoms with Crippen LogP contribution in [0, 0.1) is 5.92 Å². The molecule has 4 nitrogen and oxygen atoms in total. The van der Waals surface area contributed by atoms with E-state index in [9.17, 15) is 0 Å². The van der Waals surface area contributed by atoms with Crippen LogP contribution in [0.15, 0.2) is 12.4 Å². The number of nitrogens with two attached hydrogens (primary N) is 1. The van der Waals surface area contributed by atoms with E-state index >= 15 is 0 Å². The molecule has 0 saturated carbocycles. The Morgan fingerprint density at radius 1 is 1.77 bits per heavy atom. The Hall–Kier alpha value is -0.870. The third kappa shape index (κ3) is 1.73. The third-order valence-corrected chi connectivity index (χ3v) is 2.58. The van der Waals surface area contributed by atoms with Gasteiger partial charge in [-0.1, -0.05) is 0 Å². The molecule has 0 radical (unpaired) electrons. The Morgan fingerprint density at radius 3 is 3.15 bits per heavy atom. The maximum Gasteiger partial charge on any atom is 0.0537 e. The maximum absolute atomic E-state index is 6.08. The first kappa shape index (κ1) is 8.72. The van der Waals surface area contributed by atoms with Gasteiger partial charge in [0.05, 0.1) is 12.8 Å². The largest absolute Gasteiger partial charge is 0.381 e. The molecule has 1 aromatic heterocycles. The van der Waals surface area contributed by atoms with Crippen molar-refractivity contribution < 1.29 is 4.74 Å². The molecule has 1 aliphatic rings. The lowest BCUT2D eigenvalue weighted by Crippen LogP contribution is -2.21. The van der Waals surface area contributed by atoms with Crippen LogP contribution in [-0.2, 0) is 11.8 Å². The molecular weight excluding hydrogens is 166 g/mol. The van der Waals surface area contributed by atoms with Gasteiger partial charge in [0.25, 0.3) is 0 Å².